The zero-order valence-corrected chi connectivity index (χ0v) is 27.5. The lowest BCUT2D eigenvalue weighted by atomic mass is 9.83. The first kappa shape index (κ1) is 33.0. The Kier molecular flexibility index (Phi) is 12.3. The van der Waals surface area contributed by atoms with Crippen molar-refractivity contribution in [2.24, 2.45) is 11.8 Å². The molecule has 0 unspecified atom stereocenters. The van der Waals surface area contributed by atoms with Crippen molar-refractivity contribution >= 4 is 11.9 Å². The lowest BCUT2D eigenvalue weighted by molar-refractivity contribution is -0.140. The fraction of sp³-hybridized carbons (Fsp3) is 0.605. The van der Waals surface area contributed by atoms with E-state index in [4.69, 9.17) is 9.47 Å². The van der Waals surface area contributed by atoms with Crippen molar-refractivity contribution in [1.29, 1.82) is 0 Å². The highest BCUT2D eigenvalue weighted by atomic mass is 16.5. The van der Waals surface area contributed by atoms with Crippen molar-refractivity contribution in [1.82, 2.24) is 15.3 Å². The Bertz CT molecular complexity index is 1250. The molecule has 2 aromatic rings. The van der Waals surface area contributed by atoms with Gasteiger partial charge in [0, 0.05) is 28.8 Å². The number of rotatable bonds is 14. The number of allylic oxidation sites excluding steroid dienone is 2. The summed E-state index contributed by atoms with van der Waals surface area (Å²) < 4.78 is 11.7. The molecule has 45 heavy (non-hydrogen) atoms. The number of H-pyrrole nitrogens is 1. The molecule has 0 radical (unpaired) electrons. The summed E-state index contributed by atoms with van der Waals surface area (Å²) in [5.41, 5.74) is 3.83. The molecule has 0 atom stereocenters. The van der Waals surface area contributed by atoms with Gasteiger partial charge in [-0.15, -0.1) is 0 Å². The molecule has 2 saturated carbocycles. The van der Waals surface area contributed by atoms with E-state index in [1.807, 2.05) is 44.2 Å². The zero-order chi connectivity index (χ0) is 31.4. The second-order valence-electron chi connectivity index (χ2n) is 13.5. The molecule has 2 N–H and O–H groups in total. The number of hydrogen-bond donors (Lipinski definition) is 2. The molecule has 1 aromatic heterocycles. The van der Waals surface area contributed by atoms with Crippen molar-refractivity contribution < 1.29 is 19.1 Å². The van der Waals surface area contributed by atoms with Gasteiger partial charge >= 0.3 is 11.9 Å². The lowest BCUT2D eigenvalue weighted by Crippen LogP contribution is -2.33. The maximum Gasteiger partial charge on any atom is 0.336 e. The monoisotopic (exact) mass is 615 g/mol. The van der Waals surface area contributed by atoms with E-state index < -0.39 is 17.9 Å². The number of ether oxygens (including phenoxy) is 2. The summed E-state index contributed by atoms with van der Waals surface area (Å²) in [6.45, 7) is 4.49. The number of nitrogens with one attached hydrogen (secondary N) is 2. The molecule has 0 saturated heterocycles. The smallest absolute Gasteiger partial charge is 0.336 e. The Labute approximate surface area is 269 Å². The van der Waals surface area contributed by atoms with E-state index in [9.17, 15) is 9.59 Å². The van der Waals surface area contributed by atoms with E-state index in [2.05, 4.69) is 15.3 Å². The summed E-state index contributed by atoms with van der Waals surface area (Å²) in [6.07, 6.45) is 21.4. The van der Waals surface area contributed by atoms with Gasteiger partial charge in [-0.05, 0) is 51.4 Å². The van der Waals surface area contributed by atoms with Crippen LogP contribution in [0.25, 0.3) is 11.4 Å². The second-order valence-corrected chi connectivity index (χ2v) is 13.5. The van der Waals surface area contributed by atoms with Gasteiger partial charge in [-0.25, -0.2) is 14.6 Å². The molecular formula is C38H53N3O4. The Hall–Kier alpha value is -3.35. The van der Waals surface area contributed by atoms with E-state index in [1.54, 1.807) is 6.20 Å². The molecule has 2 fully saturated rings. The fourth-order valence-corrected chi connectivity index (χ4v) is 7.58. The third-order valence-corrected chi connectivity index (χ3v) is 10.1. The molecule has 0 amide bonds. The summed E-state index contributed by atoms with van der Waals surface area (Å²) in [5.74, 6) is 0.859. The summed E-state index contributed by atoms with van der Waals surface area (Å²) in [7, 11) is 0. The molecule has 2 heterocycles. The van der Waals surface area contributed by atoms with Gasteiger partial charge in [0.2, 0.25) is 0 Å². The Morgan fingerprint density at radius 3 is 1.76 bits per heavy atom. The number of carbonyl (C=O) groups excluding carboxylic acids is 2. The predicted molar refractivity (Wildman–Crippen MR) is 178 cm³/mol. The largest absolute Gasteiger partial charge is 0.462 e. The van der Waals surface area contributed by atoms with Gasteiger partial charge in [0.1, 0.15) is 5.82 Å². The molecule has 1 aromatic carbocycles. The topological polar surface area (TPSA) is 93.3 Å². The van der Waals surface area contributed by atoms with Crippen LogP contribution in [0.2, 0.25) is 0 Å². The number of benzene rings is 1. The van der Waals surface area contributed by atoms with Crippen LogP contribution in [0.4, 0.5) is 0 Å². The molecule has 0 bridgehead atoms. The highest BCUT2D eigenvalue weighted by Gasteiger charge is 2.39. The van der Waals surface area contributed by atoms with Gasteiger partial charge in [-0.3, -0.25) is 0 Å². The minimum absolute atomic E-state index is 0.372. The summed E-state index contributed by atoms with van der Waals surface area (Å²) in [4.78, 5) is 35.5. The molecule has 0 spiro atoms. The average Bonchev–Trinajstić information content (AvgIpc) is 3.55. The number of hydrogen-bond acceptors (Lipinski definition) is 6. The maximum atomic E-state index is 13.7. The second kappa shape index (κ2) is 16.8. The molecule has 5 rings (SSSR count). The molecule has 1 aliphatic heterocycles. The molecule has 7 heteroatoms. The van der Waals surface area contributed by atoms with Gasteiger partial charge in [-0.2, -0.15) is 0 Å². The van der Waals surface area contributed by atoms with Crippen molar-refractivity contribution in [2.45, 2.75) is 122 Å². The van der Waals surface area contributed by atoms with Gasteiger partial charge in [0.15, 0.2) is 0 Å². The third kappa shape index (κ3) is 9.11. The highest BCUT2D eigenvalue weighted by Crippen LogP contribution is 2.39. The van der Waals surface area contributed by atoms with Gasteiger partial charge < -0.3 is 19.8 Å². The van der Waals surface area contributed by atoms with E-state index in [0.717, 1.165) is 43.1 Å². The van der Waals surface area contributed by atoms with Crippen LogP contribution in [-0.4, -0.2) is 35.1 Å². The number of esters is 2. The molecule has 3 aliphatic rings. The number of aromatic amines is 1. The summed E-state index contributed by atoms with van der Waals surface area (Å²) in [5, 5.41) is 3.29. The number of nitrogens with zero attached hydrogens (tertiary/aromatic N) is 1. The van der Waals surface area contributed by atoms with Crippen LogP contribution in [0.5, 0.6) is 0 Å². The first-order chi connectivity index (χ1) is 22.0. The SMILES string of the molecule is CC1=C(C(=O)OCCCCC2CCCCC2)C(c2cnc(-c3ccccc3)[nH]2)C(C(=O)OCCCCC2CCCCC2)=C(C)N1. The van der Waals surface area contributed by atoms with Crippen molar-refractivity contribution in [3.05, 3.63) is 64.8 Å². The van der Waals surface area contributed by atoms with Gasteiger partial charge in [0.25, 0.3) is 0 Å². The van der Waals surface area contributed by atoms with Crippen molar-refractivity contribution in [3.8, 4) is 11.4 Å². The highest BCUT2D eigenvalue weighted by molar-refractivity contribution is 5.99. The fourth-order valence-electron chi connectivity index (χ4n) is 7.58. The Balaban J connectivity index is 1.26. The van der Waals surface area contributed by atoms with E-state index >= 15 is 0 Å². The summed E-state index contributed by atoms with van der Waals surface area (Å²) in [6, 6.07) is 9.86. The van der Waals surface area contributed by atoms with Crippen LogP contribution in [0.3, 0.4) is 0 Å². The Morgan fingerprint density at radius 2 is 1.24 bits per heavy atom. The van der Waals surface area contributed by atoms with Crippen LogP contribution in [0.1, 0.15) is 128 Å². The van der Waals surface area contributed by atoms with E-state index in [-0.39, 0.29) is 0 Å². The maximum absolute atomic E-state index is 13.7. The quantitative estimate of drug-likeness (QED) is 0.163. The number of imidazole rings is 1. The standard InChI is InChI=1S/C38H53N3O4/c1-27-33(37(42)44-24-14-12-20-29-16-6-3-7-17-29)35(32-26-39-36(41-32)31-22-10-5-11-23-31)34(28(2)40-27)38(43)45-25-15-13-21-30-18-8-4-9-19-30/h5,10-11,22-23,26,29-30,35,40H,3-4,6-9,12-21,24-25H2,1-2H3,(H,39,41). The minimum Gasteiger partial charge on any atom is -0.462 e. The third-order valence-electron chi connectivity index (χ3n) is 10.1. The number of unbranched alkanes of at least 4 members (excludes halogenated alkanes) is 2. The molecule has 7 nitrogen and oxygen atoms in total. The van der Waals surface area contributed by atoms with Crippen molar-refractivity contribution in [2.75, 3.05) is 13.2 Å². The first-order valence-electron chi connectivity index (χ1n) is 17.6. The van der Waals surface area contributed by atoms with Crippen LogP contribution < -0.4 is 5.32 Å². The van der Waals surface area contributed by atoms with Crippen LogP contribution in [0.15, 0.2) is 59.1 Å². The normalized spacial score (nSPS) is 18.6. The number of dihydropyridines is 1. The van der Waals surface area contributed by atoms with Gasteiger partial charge in [-0.1, -0.05) is 107 Å². The number of carbonyl (C=O) groups is 2. The molecular weight excluding hydrogens is 562 g/mol. The predicted octanol–water partition coefficient (Wildman–Crippen LogP) is 8.90. The minimum atomic E-state index is -0.666. The van der Waals surface area contributed by atoms with E-state index in [1.165, 1.54) is 77.0 Å². The van der Waals surface area contributed by atoms with Crippen LogP contribution in [0, 0.1) is 11.8 Å². The van der Waals surface area contributed by atoms with E-state index in [0.29, 0.717) is 47.3 Å². The molecule has 2 aliphatic carbocycles. The van der Waals surface area contributed by atoms with Crippen LogP contribution in [-0.2, 0) is 19.1 Å². The van der Waals surface area contributed by atoms with Crippen molar-refractivity contribution in [3.63, 3.8) is 0 Å². The van der Waals surface area contributed by atoms with Crippen LogP contribution >= 0.6 is 0 Å². The number of aromatic nitrogens is 2. The van der Waals surface area contributed by atoms with Gasteiger partial charge in [0.05, 0.1) is 30.3 Å². The molecule has 244 valence electrons. The first-order valence-corrected chi connectivity index (χ1v) is 17.6. The average molecular weight is 616 g/mol. The Morgan fingerprint density at radius 1 is 0.733 bits per heavy atom. The lowest BCUT2D eigenvalue weighted by Gasteiger charge is -2.29. The zero-order valence-electron chi connectivity index (χ0n) is 27.5. The summed E-state index contributed by atoms with van der Waals surface area (Å²) >= 11 is 0.